The van der Waals surface area contributed by atoms with Gasteiger partial charge in [0.2, 0.25) is 0 Å². The van der Waals surface area contributed by atoms with Crippen LogP contribution in [0.15, 0.2) is 130 Å². The van der Waals surface area contributed by atoms with Crippen LogP contribution in [0.2, 0.25) is 0 Å². The van der Waals surface area contributed by atoms with Crippen LogP contribution in [0.3, 0.4) is 0 Å². The number of carbonyl (C=O) groups is 2. The molecule has 2 amide bonds. The quantitative estimate of drug-likeness (QED) is 0.109. The smallest absolute Gasteiger partial charge is 0.257 e. The van der Waals surface area contributed by atoms with Crippen LogP contribution in [0.25, 0.3) is 0 Å². The van der Waals surface area contributed by atoms with E-state index in [1.807, 2.05) is 90.1 Å². The minimum Gasteiger partial charge on any atom is -0.497 e. The highest BCUT2D eigenvalue weighted by molar-refractivity contribution is 8.00. The van der Waals surface area contributed by atoms with Crippen molar-refractivity contribution in [2.24, 2.45) is 0 Å². The highest BCUT2D eigenvalue weighted by Gasteiger charge is 2.35. The molecular weight excluding hydrogens is 697 g/mol. The molecule has 1 aliphatic heterocycles. The molecule has 1 unspecified atom stereocenters. The van der Waals surface area contributed by atoms with Crippen LogP contribution < -0.4 is 28.1 Å². The zero-order valence-electron chi connectivity index (χ0n) is 28.9. The second-order valence-electron chi connectivity index (χ2n) is 12.0. The number of nitrogens with zero attached hydrogens (tertiary/aromatic N) is 2. The summed E-state index contributed by atoms with van der Waals surface area (Å²) in [7, 11) is 3.25. The van der Waals surface area contributed by atoms with Crippen molar-refractivity contribution >= 4 is 59.0 Å². The van der Waals surface area contributed by atoms with E-state index in [1.165, 1.54) is 41.4 Å². The lowest BCUT2D eigenvalue weighted by Gasteiger charge is -2.31. The number of nitrogens with one attached hydrogen (secondary N) is 2. The highest BCUT2D eigenvalue weighted by Crippen LogP contribution is 2.43. The first-order valence-corrected chi connectivity index (χ1v) is 18.9. The van der Waals surface area contributed by atoms with Crippen molar-refractivity contribution in [3.05, 3.63) is 138 Å². The first-order chi connectivity index (χ1) is 24.8. The molecule has 0 saturated heterocycles. The molecule has 0 aliphatic carbocycles. The van der Waals surface area contributed by atoms with Crippen molar-refractivity contribution in [3.8, 4) is 11.5 Å². The second-order valence-corrected chi connectivity index (χ2v) is 14.8. The number of aryl methyl sites for hydroxylation is 2. The van der Waals surface area contributed by atoms with Crippen LogP contribution in [0.5, 0.6) is 11.5 Å². The van der Waals surface area contributed by atoms with Crippen LogP contribution in [0.1, 0.15) is 28.3 Å². The number of methoxy groups -OCH3 is 2. The maximum atomic E-state index is 14.3. The molecule has 6 rings (SSSR count). The summed E-state index contributed by atoms with van der Waals surface area (Å²) in [5.41, 5.74) is 6.01. The molecule has 5 aromatic carbocycles. The normalized spacial score (nSPS) is 12.5. The van der Waals surface area contributed by atoms with Crippen molar-refractivity contribution < 1.29 is 19.1 Å². The van der Waals surface area contributed by atoms with Crippen LogP contribution in [0.4, 0.5) is 11.4 Å². The fourth-order valence-corrected chi connectivity index (χ4v) is 8.16. The van der Waals surface area contributed by atoms with Crippen molar-refractivity contribution in [1.82, 2.24) is 9.44 Å². The fraction of sp³-hybridized carbons (Fsp3) is 0.200. The van der Waals surface area contributed by atoms with Crippen LogP contribution >= 0.6 is 35.8 Å². The number of carbonyl (C=O) groups excluding carboxylic acids is 2. The predicted molar refractivity (Wildman–Crippen MR) is 210 cm³/mol. The Kier molecular flexibility index (Phi) is 12.0. The number of ether oxygens (including phenoxy) is 2. The van der Waals surface area contributed by atoms with Gasteiger partial charge in [-0.15, -0.1) is 0 Å². The molecule has 1 heterocycles. The SMILES string of the molecule is COc1cccc(C(C(=O)NSc2ccc(C)cc2OC)N2CCc3c(N(CC(=O)NSc4ccccc4)Sc4ccc(C)cc4)cccc32)c1. The third-order valence-corrected chi connectivity index (χ3v) is 11.1. The van der Waals surface area contributed by atoms with E-state index < -0.39 is 6.04 Å². The zero-order valence-corrected chi connectivity index (χ0v) is 31.4. The van der Waals surface area contributed by atoms with Gasteiger partial charge in [-0.05, 0) is 128 Å². The Morgan fingerprint density at radius 2 is 1.55 bits per heavy atom. The summed E-state index contributed by atoms with van der Waals surface area (Å²) in [6.45, 7) is 4.80. The third-order valence-electron chi connectivity index (χ3n) is 8.41. The number of amides is 2. The Morgan fingerprint density at radius 1 is 0.784 bits per heavy atom. The number of hydrogen-bond acceptors (Lipinski definition) is 9. The molecule has 1 atom stereocenters. The third kappa shape index (κ3) is 8.97. The molecule has 1 aliphatic rings. The first-order valence-electron chi connectivity index (χ1n) is 16.5. The monoisotopic (exact) mass is 736 g/mol. The van der Waals surface area contributed by atoms with Gasteiger partial charge in [0, 0.05) is 27.6 Å². The van der Waals surface area contributed by atoms with Crippen LogP contribution in [-0.4, -0.2) is 39.1 Å². The van der Waals surface area contributed by atoms with Gasteiger partial charge < -0.3 is 18.7 Å². The molecule has 0 spiro atoms. The average molecular weight is 737 g/mol. The molecule has 11 heteroatoms. The summed E-state index contributed by atoms with van der Waals surface area (Å²) < 4.78 is 19.3. The van der Waals surface area contributed by atoms with E-state index in [2.05, 4.69) is 57.7 Å². The van der Waals surface area contributed by atoms with Crippen molar-refractivity contribution in [2.45, 2.75) is 41.0 Å². The minimum absolute atomic E-state index is 0.117. The molecule has 0 saturated carbocycles. The van der Waals surface area contributed by atoms with Gasteiger partial charge in [0.15, 0.2) is 0 Å². The summed E-state index contributed by atoms with van der Waals surface area (Å²) in [5, 5.41) is 0. The van der Waals surface area contributed by atoms with Crippen LogP contribution in [-0.2, 0) is 16.0 Å². The van der Waals surface area contributed by atoms with Crippen molar-refractivity contribution in [3.63, 3.8) is 0 Å². The standard InChI is InChI=1S/C40H40N4O4S3/c1-27-16-19-32(20-17-27)51-44(26-38(45)41-49-31-12-6-5-7-13-31)35-15-9-14-34-33(35)22-23-43(34)39(29-10-8-11-30(25-29)47-3)40(46)42-50-37-21-18-28(2)24-36(37)48-4/h5-21,24-25,39H,22-23,26H2,1-4H3,(H,41,45)(H,42,46). The van der Waals surface area contributed by atoms with E-state index in [9.17, 15) is 9.59 Å². The van der Waals surface area contributed by atoms with E-state index in [0.29, 0.717) is 24.5 Å². The fourth-order valence-electron chi connectivity index (χ4n) is 5.91. The van der Waals surface area contributed by atoms with E-state index >= 15 is 0 Å². The van der Waals surface area contributed by atoms with Gasteiger partial charge in [-0.2, -0.15) is 0 Å². The van der Waals surface area contributed by atoms with Crippen LogP contribution in [0, 0.1) is 13.8 Å². The van der Waals surface area contributed by atoms with Gasteiger partial charge in [0.1, 0.15) is 24.1 Å². The number of hydrogen-bond donors (Lipinski definition) is 2. The van der Waals surface area contributed by atoms with E-state index in [-0.39, 0.29) is 18.4 Å². The maximum Gasteiger partial charge on any atom is 0.257 e. The van der Waals surface area contributed by atoms with Gasteiger partial charge in [0.05, 0.1) is 24.8 Å². The number of fused-ring (bicyclic) bond motifs is 1. The predicted octanol–water partition coefficient (Wildman–Crippen LogP) is 8.59. The van der Waals surface area contributed by atoms with Gasteiger partial charge in [-0.1, -0.05) is 60.2 Å². The molecule has 0 bridgehead atoms. The van der Waals surface area contributed by atoms with E-state index in [0.717, 1.165) is 42.8 Å². The topological polar surface area (TPSA) is 83.1 Å². The number of anilines is 2. The van der Waals surface area contributed by atoms with Gasteiger partial charge in [-0.3, -0.25) is 19.0 Å². The number of rotatable bonds is 14. The van der Waals surface area contributed by atoms with Crippen molar-refractivity contribution in [2.75, 3.05) is 36.5 Å². The lowest BCUT2D eigenvalue weighted by molar-refractivity contribution is -0.120. The lowest BCUT2D eigenvalue weighted by Crippen LogP contribution is -2.37. The maximum absolute atomic E-state index is 14.3. The summed E-state index contributed by atoms with van der Waals surface area (Å²) in [5.74, 6) is 1.09. The summed E-state index contributed by atoms with van der Waals surface area (Å²) in [6.07, 6.45) is 0.698. The summed E-state index contributed by atoms with van der Waals surface area (Å²) >= 11 is 4.07. The van der Waals surface area contributed by atoms with Gasteiger partial charge >= 0.3 is 0 Å². The Hall–Kier alpha value is -4.71. The molecular formula is C40H40N4O4S3. The largest absolute Gasteiger partial charge is 0.497 e. The highest BCUT2D eigenvalue weighted by atomic mass is 32.2. The molecule has 5 aromatic rings. The average Bonchev–Trinajstić information content (AvgIpc) is 3.58. The second kappa shape index (κ2) is 17.0. The first kappa shape index (κ1) is 36.1. The molecule has 0 fully saturated rings. The summed E-state index contributed by atoms with van der Waals surface area (Å²) in [6, 6.07) is 37.1. The summed E-state index contributed by atoms with van der Waals surface area (Å²) in [4.78, 5) is 32.7. The number of benzene rings is 5. The Labute approximate surface area is 312 Å². The van der Waals surface area contributed by atoms with Gasteiger partial charge in [-0.25, -0.2) is 0 Å². The van der Waals surface area contributed by atoms with E-state index in [4.69, 9.17) is 9.47 Å². The molecule has 51 heavy (non-hydrogen) atoms. The molecule has 0 aromatic heterocycles. The molecule has 8 nitrogen and oxygen atoms in total. The molecule has 0 radical (unpaired) electrons. The van der Waals surface area contributed by atoms with Crippen molar-refractivity contribution in [1.29, 1.82) is 0 Å². The lowest BCUT2D eigenvalue weighted by atomic mass is 10.0. The zero-order chi connectivity index (χ0) is 35.7. The molecule has 2 N–H and O–H groups in total. The minimum atomic E-state index is -0.649. The Balaban J connectivity index is 1.31. The van der Waals surface area contributed by atoms with E-state index in [1.54, 1.807) is 14.2 Å². The molecule has 262 valence electrons. The Morgan fingerprint density at radius 3 is 2.31 bits per heavy atom. The Bertz CT molecular complexity index is 1980. The van der Waals surface area contributed by atoms with Gasteiger partial charge in [0.25, 0.3) is 11.8 Å².